The first-order chi connectivity index (χ1) is 11.3. The Balaban J connectivity index is 2.10. The van der Waals surface area contributed by atoms with Crippen LogP contribution in [0.15, 0.2) is 36.7 Å². The fourth-order valence-electron chi connectivity index (χ4n) is 2.28. The summed E-state index contributed by atoms with van der Waals surface area (Å²) in [7, 11) is 3.08. The summed E-state index contributed by atoms with van der Waals surface area (Å²) in [4.78, 5) is 13.3. The molecule has 0 atom stereocenters. The van der Waals surface area contributed by atoms with Crippen molar-refractivity contribution in [3.8, 4) is 0 Å². The number of carbonyl (C=O) groups excluding carboxylic acids is 1. The molecule has 1 heterocycles. The number of nitrogens with zero attached hydrogens (tertiary/aromatic N) is 3. The van der Waals surface area contributed by atoms with Crippen LogP contribution in [0.4, 0.5) is 13.2 Å². The Kier molecular flexibility index (Phi) is 5.61. The van der Waals surface area contributed by atoms with Gasteiger partial charge in [-0.25, -0.2) is 0 Å². The van der Waals surface area contributed by atoms with E-state index in [-0.39, 0.29) is 6.54 Å². The summed E-state index contributed by atoms with van der Waals surface area (Å²) < 4.78 is 44.1. The Hall–Kier alpha value is -2.35. The van der Waals surface area contributed by atoms with E-state index in [9.17, 15) is 18.0 Å². The minimum absolute atomic E-state index is 0.0341. The van der Waals surface area contributed by atoms with Crippen LogP contribution in [0.25, 0.3) is 0 Å². The highest BCUT2D eigenvalue weighted by Crippen LogP contribution is 2.29. The number of hydrogen-bond acceptors (Lipinski definition) is 4. The van der Waals surface area contributed by atoms with Crippen molar-refractivity contribution in [1.82, 2.24) is 14.7 Å². The van der Waals surface area contributed by atoms with Gasteiger partial charge in [-0.15, -0.1) is 0 Å². The molecule has 0 radical (unpaired) electrons. The number of carbonyl (C=O) groups is 1. The number of alkyl halides is 3. The van der Waals surface area contributed by atoms with E-state index in [0.29, 0.717) is 18.7 Å². The first-order valence-corrected chi connectivity index (χ1v) is 7.21. The highest BCUT2D eigenvalue weighted by atomic mass is 19.4. The maximum Gasteiger partial charge on any atom is 0.416 e. The van der Waals surface area contributed by atoms with Gasteiger partial charge in [-0.3, -0.25) is 14.4 Å². The lowest BCUT2D eigenvalue weighted by molar-refractivity contribution is -0.142. The zero-order valence-corrected chi connectivity index (χ0v) is 13.4. The van der Waals surface area contributed by atoms with Gasteiger partial charge in [0.25, 0.3) is 0 Å². The summed E-state index contributed by atoms with van der Waals surface area (Å²) >= 11 is 0. The molecular weight excluding hydrogens is 323 g/mol. The van der Waals surface area contributed by atoms with Crippen LogP contribution in [0.5, 0.6) is 0 Å². The van der Waals surface area contributed by atoms with Crippen molar-refractivity contribution in [3.63, 3.8) is 0 Å². The molecule has 0 spiro atoms. The van der Waals surface area contributed by atoms with Gasteiger partial charge in [-0.2, -0.15) is 18.3 Å². The lowest BCUT2D eigenvalue weighted by Gasteiger charge is -2.20. The third kappa shape index (κ3) is 5.09. The molecule has 8 heteroatoms. The fourth-order valence-corrected chi connectivity index (χ4v) is 2.28. The number of ether oxygens (including phenoxy) is 1. The fraction of sp³-hybridized carbons (Fsp3) is 0.375. The number of methoxy groups -OCH3 is 1. The second-order valence-electron chi connectivity index (χ2n) is 5.44. The van der Waals surface area contributed by atoms with Crippen molar-refractivity contribution >= 4 is 5.97 Å². The van der Waals surface area contributed by atoms with E-state index in [1.54, 1.807) is 22.8 Å². The lowest BCUT2D eigenvalue weighted by Crippen LogP contribution is -2.29. The number of aromatic nitrogens is 2. The van der Waals surface area contributed by atoms with Gasteiger partial charge in [0.2, 0.25) is 0 Å². The van der Waals surface area contributed by atoms with E-state index < -0.39 is 17.7 Å². The molecular formula is C16H18F3N3O2. The molecule has 0 unspecified atom stereocenters. The molecule has 0 bridgehead atoms. The number of esters is 1. The van der Waals surface area contributed by atoms with E-state index in [2.05, 4.69) is 9.84 Å². The van der Waals surface area contributed by atoms with Crippen LogP contribution in [0.1, 0.15) is 16.7 Å². The Morgan fingerprint density at radius 3 is 2.33 bits per heavy atom. The molecule has 2 aromatic rings. The Labute approximate surface area is 137 Å². The largest absolute Gasteiger partial charge is 0.468 e. The van der Waals surface area contributed by atoms with Gasteiger partial charge < -0.3 is 4.74 Å². The van der Waals surface area contributed by atoms with Gasteiger partial charge in [-0.05, 0) is 17.7 Å². The van der Waals surface area contributed by atoms with Gasteiger partial charge in [-0.1, -0.05) is 12.1 Å². The molecule has 0 saturated carbocycles. The standard InChI is InChI=1S/C16H18F3N3O2/c1-21-8-13(7-20-21)10-22(11-15(23)24-2)9-12-3-5-14(6-4-12)16(17,18)19/h3-8H,9-11H2,1-2H3. The molecule has 0 fully saturated rings. The molecule has 1 aromatic carbocycles. The number of rotatable bonds is 6. The lowest BCUT2D eigenvalue weighted by atomic mass is 10.1. The molecule has 24 heavy (non-hydrogen) atoms. The van der Waals surface area contributed by atoms with Crippen LogP contribution >= 0.6 is 0 Å². The molecule has 0 saturated heterocycles. The van der Waals surface area contributed by atoms with E-state index in [0.717, 1.165) is 17.7 Å². The van der Waals surface area contributed by atoms with Crippen molar-refractivity contribution in [3.05, 3.63) is 53.3 Å². The van der Waals surface area contributed by atoms with E-state index in [1.165, 1.54) is 19.2 Å². The Morgan fingerprint density at radius 1 is 1.21 bits per heavy atom. The normalized spacial score (nSPS) is 11.8. The number of aryl methyl sites for hydroxylation is 1. The summed E-state index contributed by atoms with van der Waals surface area (Å²) in [5, 5.41) is 4.06. The van der Waals surface area contributed by atoms with Gasteiger partial charge in [0, 0.05) is 31.9 Å². The van der Waals surface area contributed by atoms with Gasteiger partial charge >= 0.3 is 12.1 Å². The minimum atomic E-state index is -4.36. The van der Waals surface area contributed by atoms with Crippen LogP contribution < -0.4 is 0 Å². The molecule has 130 valence electrons. The second-order valence-corrected chi connectivity index (χ2v) is 5.44. The third-order valence-electron chi connectivity index (χ3n) is 3.43. The first kappa shape index (κ1) is 18.0. The van der Waals surface area contributed by atoms with Crippen LogP contribution in [0, 0.1) is 0 Å². The maximum atomic E-state index is 12.6. The summed E-state index contributed by atoms with van der Waals surface area (Å²) in [5.41, 5.74) is 0.877. The smallest absolute Gasteiger partial charge is 0.416 e. The van der Waals surface area contributed by atoms with E-state index >= 15 is 0 Å². The zero-order valence-electron chi connectivity index (χ0n) is 13.4. The minimum Gasteiger partial charge on any atom is -0.468 e. The SMILES string of the molecule is COC(=O)CN(Cc1ccc(C(F)(F)F)cc1)Cc1cnn(C)c1. The monoisotopic (exact) mass is 341 g/mol. The van der Waals surface area contributed by atoms with Crippen molar-refractivity contribution in [2.75, 3.05) is 13.7 Å². The van der Waals surface area contributed by atoms with E-state index in [4.69, 9.17) is 0 Å². The quantitative estimate of drug-likeness (QED) is 0.758. The molecule has 0 N–H and O–H groups in total. The van der Waals surface area contributed by atoms with Crippen molar-refractivity contribution in [1.29, 1.82) is 0 Å². The van der Waals surface area contributed by atoms with Crippen LogP contribution in [0.3, 0.4) is 0 Å². The predicted molar refractivity (Wildman–Crippen MR) is 80.8 cm³/mol. The molecule has 0 amide bonds. The van der Waals surface area contributed by atoms with E-state index in [1.807, 2.05) is 6.20 Å². The summed E-state index contributed by atoms with van der Waals surface area (Å²) in [6.07, 6.45) is -0.867. The summed E-state index contributed by atoms with van der Waals surface area (Å²) in [6.45, 7) is 0.790. The van der Waals surface area contributed by atoms with Crippen molar-refractivity contribution in [2.45, 2.75) is 19.3 Å². The van der Waals surface area contributed by atoms with Crippen LogP contribution in [-0.2, 0) is 35.8 Å². The average molecular weight is 341 g/mol. The molecule has 5 nitrogen and oxygen atoms in total. The van der Waals surface area contributed by atoms with Crippen molar-refractivity contribution in [2.24, 2.45) is 7.05 Å². The molecule has 0 aliphatic heterocycles. The number of hydrogen-bond donors (Lipinski definition) is 0. The summed E-state index contributed by atoms with van der Waals surface area (Å²) in [5.74, 6) is -0.411. The first-order valence-electron chi connectivity index (χ1n) is 7.21. The molecule has 1 aromatic heterocycles. The van der Waals surface area contributed by atoms with Crippen LogP contribution in [-0.4, -0.2) is 34.3 Å². The Morgan fingerprint density at radius 2 is 1.83 bits per heavy atom. The van der Waals surface area contributed by atoms with Crippen molar-refractivity contribution < 1.29 is 22.7 Å². The zero-order chi connectivity index (χ0) is 17.7. The Bertz CT molecular complexity index is 681. The molecule has 2 rings (SSSR count). The average Bonchev–Trinajstić information content (AvgIpc) is 2.91. The summed E-state index contributed by atoms with van der Waals surface area (Å²) in [6, 6.07) is 4.90. The highest BCUT2D eigenvalue weighted by molar-refractivity contribution is 5.71. The molecule has 0 aliphatic carbocycles. The topological polar surface area (TPSA) is 47.4 Å². The van der Waals surface area contributed by atoms with Crippen LogP contribution in [0.2, 0.25) is 0 Å². The van der Waals surface area contributed by atoms with Gasteiger partial charge in [0.1, 0.15) is 0 Å². The highest BCUT2D eigenvalue weighted by Gasteiger charge is 2.30. The maximum absolute atomic E-state index is 12.6. The van der Waals surface area contributed by atoms with Gasteiger partial charge in [0.05, 0.1) is 25.4 Å². The number of halogens is 3. The molecule has 0 aliphatic rings. The number of benzene rings is 1. The second kappa shape index (κ2) is 7.48. The predicted octanol–water partition coefficient (Wildman–Crippen LogP) is 2.61. The van der Waals surface area contributed by atoms with Gasteiger partial charge in [0.15, 0.2) is 0 Å². The third-order valence-corrected chi connectivity index (χ3v) is 3.43.